The van der Waals surface area contributed by atoms with Crippen molar-refractivity contribution in [3.05, 3.63) is 52.5 Å². The van der Waals surface area contributed by atoms with Crippen molar-refractivity contribution in [2.75, 3.05) is 31.8 Å². The highest BCUT2D eigenvalue weighted by Crippen LogP contribution is 2.30. The normalized spacial score (nSPS) is 12.2. The number of carbonyl (C=O) groups is 1. The van der Waals surface area contributed by atoms with Gasteiger partial charge in [-0.15, -0.1) is 0 Å². The fraction of sp³-hybridized carbons (Fsp3) is 0.316. The van der Waals surface area contributed by atoms with Crippen LogP contribution in [0.1, 0.15) is 28.9 Å². The van der Waals surface area contributed by atoms with E-state index in [1.165, 1.54) is 25.2 Å². The number of halogens is 1. The predicted molar refractivity (Wildman–Crippen MR) is 110 cm³/mol. The van der Waals surface area contributed by atoms with Crippen LogP contribution in [0.15, 0.2) is 36.4 Å². The van der Waals surface area contributed by atoms with Gasteiger partial charge in [0.1, 0.15) is 11.5 Å². The van der Waals surface area contributed by atoms with Gasteiger partial charge in [0.05, 0.1) is 42.8 Å². The standard InChI is InChI=1S/C19H23ClN2O5S/c1-12(16-11-14(26-3)7-9-18(16)27-4)21-19(23)15-8-6-13(10-17(15)20)22(2)28(5,24)25/h6-12H,1-5H3,(H,21,23). The molecule has 1 amide bonds. The first-order chi connectivity index (χ1) is 13.1. The van der Waals surface area contributed by atoms with Gasteiger partial charge in [0, 0.05) is 12.6 Å². The maximum Gasteiger partial charge on any atom is 0.253 e. The van der Waals surface area contributed by atoms with Crippen molar-refractivity contribution in [1.29, 1.82) is 0 Å². The van der Waals surface area contributed by atoms with E-state index in [-0.39, 0.29) is 16.6 Å². The summed E-state index contributed by atoms with van der Waals surface area (Å²) in [6, 6.07) is 9.39. The molecule has 0 aliphatic rings. The van der Waals surface area contributed by atoms with E-state index < -0.39 is 15.9 Å². The van der Waals surface area contributed by atoms with Crippen molar-refractivity contribution in [2.45, 2.75) is 13.0 Å². The summed E-state index contributed by atoms with van der Waals surface area (Å²) in [7, 11) is 1.10. The lowest BCUT2D eigenvalue weighted by molar-refractivity contribution is 0.0939. The van der Waals surface area contributed by atoms with Crippen LogP contribution < -0.4 is 19.1 Å². The van der Waals surface area contributed by atoms with Crippen molar-refractivity contribution in [3.63, 3.8) is 0 Å². The highest BCUT2D eigenvalue weighted by molar-refractivity contribution is 7.92. The average Bonchev–Trinajstić information content (AvgIpc) is 2.65. The number of sulfonamides is 1. The quantitative estimate of drug-likeness (QED) is 0.734. The molecule has 7 nitrogen and oxygen atoms in total. The second kappa shape index (κ2) is 8.70. The van der Waals surface area contributed by atoms with Gasteiger partial charge in [0.15, 0.2) is 0 Å². The molecule has 2 rings (SSSR count). The van der Waals surface area contributed by atoms with E-state index >= 15 is 0 Å². The third-order valence-electron chi connectivity index (χ3n) is 4.31. The van der Waals surface area contributed by atoms with Gasteiger partial charge in [-0.1, -0.05) is 11.6 Å². The Bertz CT molecular complexity index is 978. The molecule has 1 atom stereocenters. The van der Waals surface area contributed by atoms with E-state index in [0.717, 1.165) is 16.1 Å². The van der Waals surface area contributed by atoms with Crippen LogP contribution in [0.25, 0.3) is 0 Å². The van der Waals surface area contributed by atoms with Crippen molar-refractivity contribution < 1.29 is 22.7 Å². The number of benzene rings is 2. The molecule has 0 saturated heterocycles. The number of hydrogen-bond donors (Lipinski definition) is 1. The Morgan fingerprint density at radius 2 is 1.82 bits per heavy atom. The van der Waals surface area contributed by atoms with Gasteiger partial charge in [0.2, 0.25) is 10.0 Å². The topological polar surface area (TPSA) is 84.9 Å². The first-order valence-electron chi connectivity index (χ1n) is 8.34. The van der Waals surface area contributed by atoms with Gasteiger partial charge in [-0.25, -0.2) is 8.42 Å². The summed E-state index contributed by atoms with van der Waals surface area (Å²) in [5.41, 5.74) is 1.35. The molecule has 0 radical (unpaired) electrons. The van der Waals surface area contributed by atoms with Crippen LogP contribution in [-0.4, -0.2) is 41.8 Å². The van der Waals surface area contributed by atoms with E-state index in [0.29, 0.717) is 17.2 Å². The smallest absolute Gasteiger partial charge is 0.253 e. The minimum absolute atomic E-state index is 0.148. The second-order valence-electron chi connectivity index (χ2n) is 6.20. The van der Waals surface area contributed by atoms with E-state index in [1.807, 2.05) is 6.92 Å². The summed E-state index contributed by atoms with van der Waals surface area (Å²) in [6.45, 7) is 1.81. The summed E-state index contributed by atoms with van der Waals surface area (Å²) < 4.78 is 35.0. The Balaban J connectivity index is 2.26. The summed E-state index contributed by atoms with van der Waals surface area (Å²) in [4.78, 5) is 12.7. The van der Waals surface area contributed by atoms with E-state index in [4.69, 9.17) is 21.1 Å². The molecule has 28 heavy (non-hydrogen) atoms. The molecule has 0 bridgehead atoms. The molecule has 0 heterocycles. The number of methoxy groups -OCH3 is 2. The highest BCUT2D eigenvalue weighted by Gasteiger charge is 2.19. The van der Waals surface area contributed by atoms with E-state index in [1.54, 1.807) is 32.4 Å². The minimum atomic E-state index is -3.43. The third kappa shape index (κ3) is 4.88. The first kappa shape index (κ1) is 21.8. The maximum atomic E-state index is 12.7. The van der Waals surface area contributed by atoms with E-state index in [2.05, 4.69) is 5.32 Å². The zero-order valence-corrected chi connectivity index (χ0v) is 17.9. The molecule has 152 valence electrons. The molecule has 1 unspecified atom stereocenters. The van der Waals surface area contributed by atoms with Gasteiger partial charge in [0.25, 0.3) is 5.91 Å². The van der Waals surface area contributed by atoms with Crippen LogP contribution in [0.5, 0.6) is 11.5 Å². The third-order valence-corrected chi connectivity index (χ3v) is 5.83. The molecule has 0 saturated carbocycles. The monoisotopic (exact) mass is 426 g/mol. The molecule has 0 aliphatic heterocycles. The molecule has 2 aromatic rings. The number of amides is 1. The van der Waals surface area contributed by atoms with Crippen LogP contribution in [0.4, 0.5) is 5.69 Å². The molecule has 1 N–H and O–H groups in total. The first-order valence-corrected chi connectivity index (χ1v) is 10.6. The van der Waals surface area contributed by atoms with Crippen LogP contribution in [0.2, 0.25) is 5.02 Å². The number of nitrogens with one attached hydrogen (secondary N) is 1. The van der Waals surface area contributed by atoms with E-state index in [9.17, 15) is 13.2 Å². The maximum absolute atomic E-state index is 12.7. The Hall–Kier alpha value is -2.45. The Labute approximate surface area is 170 Å². The molecule has 0 fully saturated rings. The molecule has 9 heteroatoms. The molecule has 0 spiro atoms. The molecular weight excluding hydrogens is 404 g/mol. The number of nitrogens with zero attached hydrogens (tertiary/aromatic N) is 1. The fourth-order valence-electron chi connectivity index (χ4n) is 2.61. The molecular formula is C19H23ClN2O5S. The number of carbonyl (C=O) groups excluding carboxylic acids is 1. The largest absolute Gasteiger partial charge is 0.497 e. The molecule has 2 aromatic carbocycles. The Morgan fingerprint density at radius 1 is 1.14 bits per heavy atom. The number of ether oxygens (including phenoxy) is 2. The summed E-state index contributed by atoms with van der Waals surface area (Å²) in [5, 5.41) is 3.02. The number of rotatable bonds is 7. The van der Waals surface area contributed by atoms with Crippen LogP contribution >= 0.6 is 11.6 Å². The Morgan fingerprint density at radius 3 is 2.36 bits per heavy atom. The van der Waals surface area contributed by atoms with Crippen molar-refractivity contribution in [2.24, 2.45) is 0 Å². The van der Waals surface area contributed by atoms with Crippen molar-refractivity contribution in [1.82, 2.24) is 5.32 Å². The fourth-order valence-corrected chi connectivity index (χ4v) is 3.36. The summed E-state index contributed by atoms with van der Waals surface area (Å²) in [5.74, 6) is 0.865. The molecule has 0 aromatic heterocycles. The lowest BCUT2D eigenvalue weighted by Crippen LogP contribution is -2.28. The lowest BCUT2D eigenvalue weighted by atomic mass is 10.1. The summed E-state index contributed by atoms with van der Waals surface area (Å²) >= 11 is 6.23. The van der Waals surface area contributed by atoms with Crippen LogP contribution in [0.3, 0.4) is 0 Å². The average molecular weight is 427 g/mol. The SMILES string of the molecule is COc1ccc(OC)c(C(C)NC(=O)c2ccc(N(C)S(C)(=O)=O)cc2Cl)c1. The van der Waals surface area contributed by atoms with Crippen LogP contribution in [-0.2, 0) is 10.0 Å². The zero-order chi connectivity index (χ0) is 21.1. The zero-order valence-electron chi connectivity index (χ0n) is 16.3. The highest BCUT2D eigenvalue weighted by atomic mass is 35.5. The molecule has 0 aliphatic carbocycles. The van der Waals surface area contributed by atoms with Gasteiger partial charge in [-0.05, 0) is 43.3 Å². The minimum Gasteiger partial charge on any atom is -0.497 e. The summed E-state index contributed by atoms with van der Waals surface area (Å²) in [6.07, 6.45) is 1.09. The van der Waals surface area contributed by atoms with Crippen LogP contribution in [0, 0.1) is 0 Å². The van der Waals surface area contributed by atoms with Gasteiger partial charge >= 0.3 is 0 Å². The lowest BCUT2D eigenvalue weighted by Gasteiger charge is -2.20. The number of anilines is 1. The second-order valence-corrected chi connectivity index (χ2v) is 8.62. The predicted octanol–water partition coefficient (Wildman–Crippen LogP) is 3.24. The van der Waals surface area contributed by atoms with Crippen molar-refractivity contribution >= 4 is 33.2 Å². The van der Waals surface area contributed by atoms with Crippen molar-refractivity contribution in [3.8, 4) is 11.5 Å². The van der Waals surface area contributed by atoms with Gasteiger partial charge in [-0.2, -0.15) is 0 Å². The van der Waals surface area contributed by atoms with Gasteiger partial charge in [-0.3, -0.25) is 9.10 Å². The number of hydrogen-bond acceptors (Lipinski definition) is 5. The van der Waals surface area contributed by atoms with Gasteiger partial charge < -0.3 is 14.8 Å². The Kier molecular flexibility index (Phi) is 6.79.